The summed E-state index contributed by atoms with van der Waals surface area (Å²) in [6.45, 7) is 1.54. The van der Waals surface area contributed by atoms with Crippen LogP contribution in [0.25, 0.3) is 11.0 Å². The van der Waals surface area contributed by atoms with Crippen LogP contribution < -0.4 is 9.80 Å². The highest BCUT2D eigenvalue weighted by atomic mass is 19.1. The minimum Gasteiger partial charge on any atom is -0.465 e. The second-order valence-electron chi connectivity index (χ2n) is 7.92. The van der Waals surface area contributed by atoms with Gasteiger partial charge in [0.15, 0.2) is 5.72 Å². The summed E-state index contributed by atoms with van der Waals surface area (Å²) in [7, 11) is 0. The van der Waals surface area contributed by atoms with E-state index < -0.39 is 23.5 Å². The molecule has 3 N–H and O–H groups in total. The Labute approximate surface area is 199 Å². The maximum atomic E-state index is 13.6. The second-order valence-corrected chi connectivity index (χ2v) is 7.92. The van der Waals surface area contributed by atoms with E-state index in [1.807, 2.05) is 0 Å². The van der Waals surface area contributed by atoms with Crippen molar-refractivity contribution in [3.8, 4) is 11.8 Å². The largest absolute Gasteiger partial charge is 0.465 e. The van der Waals surface area contributed by atoms with Crippen molar-refractivity contribution >= 4 is 34.7 Å². The predicted molar refractivity (Wildman–Crippen MR) is 128 cm³/mol. The Hall–Kier alpha value is -4.68. The quantitative estimate of drug-likeness (QED) is 0.390. The summed E-state index contributed by atoms with van der Waals surface area (Å²) < 4.78 is 13.6. The van der Waals surface area contributed by atoms with E-state index in [4.69, 9.17) is 0 Å². The molecule has 0 saturated heterocycles. The van der Waals surface area contributed by atoms with Gasteiger partial charge >= 0.3 is 6.09 Å². The number of hydrogen-bond donors (Lipinski definition) is 3. The minimum atomic E-state index is -1.90. The van der Waals surface area contributed by atoms with Gasteiger partial charge in [0.2, 0.25) is 5.95 Å². The summed E-state index contributed by atoms with van der Waals surface area (Å²) in [5.74, 6) is 4.53. The topological polar surface area (TPSA) is 110 Å². The molecule has 9 heteroatoms. The maximum Gasteiger partial charge on any atom is 0.415 e. The van der Waals surface area contributed by atoms with E-state index in [2.05, 4.69) is 21.8 Å². The number of benzene rings is 3. The van der Waals surface area contributed by atoms with Gasteiger partial charge in [0, 0.05) is 22.4 Å². The molecular weight excluding hydrogens is 451 g/mol. The highest BCUT2D eigenvalue weighted by Crippen LogP contribution is 2.45. The lowest BCUT2D eigenvalue weighted by Crippen LogP contribution is -2.45. The van der Waals surface area contributed by atoms with Gasteiger partial charge in [-0.1, -0.05) is 30.2 Å². The number of aromatic nitrogens is 2. The van der Waals surface area contributed by atoms with Crippen LogP contribution in [0.15, 0.2) is 66.7 Å². The zero-order chi connectivity index (χ0) is 24.7. The Morgan fingerprint density at radius 1 is 1.17 bits per heavy atom. The molecule has 0 spiro atoms. The van der Waals surface area contributed by atoms with Crippen molar-refractivity contribution in [1.29, 1.82) is 0 Å². The van der Waals surface area contributed by atoms with E-state index in [1.165, 1.54) is 29.2 Å². The maximum absolute atomic E-state index is 13.6. The molecule has 0 bridgehead atoms. The lowest BCUT2D eigenvalue weighted by molar-refractivity contribution is 0.0704. The number of carbonyl (C=O) groups excluding carboxylic acids is 1. The number of nitrogens with one attached hydrogen (secondary N) is 1. The number of nitrogens with zero attached hydrogens (tertiary/aromatic N) is 3. The number of fused-ring (bicyclic) bond motifs is 2. The summed E-state index contributed by atoms with van der Waals surface area (Å²) >= 11 is 0. The smallest absolute Gasteiger partial charge is 0.415 e. The minimum absolute atomic E-state index is 0.0668. The third-order valence-corrected chi connectivity index (χ3v) is 5.92. The first-order valence-corrected chi connectivity index (χ1v) is 10.7. The van der Waals surface area contributed by atoms with Crippen molar-refractivity contribution in [3.63, 3.8) is 0 Å². The normalized spacial score (nSPS) is 16.7. The number of rotatable bonds is 4. The molecule has 5 rings (SSSR count). The summed E-state index contributed by atoms with van der Waals surface area (Å²) in [5.41, 5.74) is 0.379. The van der Waals surface area contributed by atoms with E-state index in [1.54, 1.807) is 49.4 Å². The number of anilines is 2. The molecule has 0 aliphatic carbocycles. The summed E-state index contributed by atoms with van der Waals surface area (Å²) in [5, 5.41) is 21.7. The van der Waals surface area contributed by atoms with Crippen LogP contribution in [0, 0.1) is 17.7 Å². The van der Waals surface area contributed by atoms with Gasteiger partial charge in [-0.05, 0) is 49.4 Å². The van der Waals surface area contributed by atoms with E-state index in [0.717, 1.165) is 4.90 Å². The van der Waals surface area contributed by atoms with Crippen molar-refractivity contribution < 1.29 is 24.2 Å². The summed E-state index contributed by atoms with van der Waals surface area (Å²) in [4.78, 5) is 34.6. The number of amides is 2. The first kappa shape index (κ1) is 22.1. The Balaban J connectivity index is 1.66. The number of imidazole rings is 1. The molecule has 0 fully saturated rings. The first-order valence-electron chi connectivity index (χ1n) is 10.7. The lowest BCUT2D eigenvalue weighted by Gasteiger charge is -2.34. The van der Waals surface area contributed by atoms with E-state index >= 15 is 0 Å². The molecule has 174 valence electrons. The number of halogens is 1. The fourth-order valence-electron chi connectivity index (χ4n) is 4.27. The molecule has 1 unspecified atom stereocenters. The van der Waals surface area contributed by atoms with Crippen molar-refractivity contribution in [2.75, 3.05) is 16.3 Å². The molecule has 35 heavy (non-hydrogen) atoms. The lowest BCUT2D eigenvalue weighted by atomic mass is 9.93. The van der Waals surface area contributed by atoms with Crippen LogP contribution in [0.2, 0.25) is 0 Å². The fourth-order valence-corrected chi connectivity index (χ4v) is 4.27. The highest BCUT2D eigenvalue weighted by Gasteiger charge is 2.50. The number of aromatic amines is 1. The number of carbonyl (C=O) groups is 2. The van der Waals surface area contributed by atoms with Gasteiger partial charge in [0.1, 0.15) is 5.82 Å². The van der Waals surface area contributed by atoms with Gasteiger partial charge in [-0.15, -0.1) is 5.92 Å². The number of carboxylic acid groups (broad SMARTS) is 1. The van der Waals surface area contributed by atoms with Crippen molar-refractivity contribution in [2.45, 2.75) is 12.6 Å². The van der Waals surface area contributed by atoms with Crippen molar-refractivity contribution in [1.82, 2.24) is 9.97 Å². The van der Waals surface area contributed by atoms with Crippen LogP contribution in [0.4, 0.5) is 20.8 Å². The molecule has 3 aromatic carbocycles. The van der Waals surface area contributed by atoms with Gasteiger partial charge in [-0.3, -0.25) is 9.69 Å². The van der Waals surface area contributed by atoms with E-state index in [0.29, 0.717) is 33.4 Å². The molecule has 1 aliphatic rings. The molecule has 1 aliphatic heterocycles. The van der Waals surface area contributed by atoms with Crippen molar-refractivity contribution in [3.05, 3.63) is 89.2 Å². The predicted octanol–water partition coefficient (Wildman–Crippen LogP) is 4.06. The number of aliphatic hydroxyl groups is 1. The SMILES string of the molecule is CC#CCN(C(=O)O)c1nc2ccc(C3(O)c4ccccc4C(=O)N3c3ccc(F)cc3)cc2[nH]1. The van der Waals surface area contributed by atoms with Crippen molar-refractivity contribution in [2.24, 2.45) is 0 Å². The van der Waals surface area contributed by atoms with Gasteiger partial charge in [-0.2, -0.15) is 0 Å². The molecule has 8 nitrogen and oxygen atoms in total. The molecule has 0 saturated carbocycles. The standard InChI is InChI=1S/C26H19FN4O4/c1-2-3-14-30(25(33)34)24-28-21-13-8-16(15-22(21)29-24)26(35)20-7-5-4-6-19(20)23(32)31(26)18-11-9-17(27)10-12-18/h4-13,15,35H,14H2,1H3,(H,28,29)(H,33,34). The third kappa shape index (κ3) is 3.48. The zero-order valence-electron chi connectivity index (χ0n) is 18.5. The van der Waals surface area contributed by atoms with Gasteiger partial charge in [0.05, 0.1) is 17.6 Å². The number of hydrogen-bond acceptors (Lipinski definition) is 4. The Kier molecular flexibility index (Phi) is 5.23. The molecule has 2 heterocycles. The van der Waals surface area contributed by atoms with Gasteiger partial charge in [-0.25, -0.2) is 19.1 Å². The first-order chi connectivity index (χ1) is 16.8. The number of H-pyrrole nitrogens is 1. The molecule has 0 radical (unpaired) electrons. The van der Waals surface area contributed by atoms with E-state index in [-0.39, 0.29) is 12.5 Å². The monoisotopic (exact) mass is 470 g/mol. The van der Waals surface area contributed by atoms with Crippen LogP contribution in [-0.4, -0.2) is 38.7 Å². The highest BCUT2D eigenvalue weighted by molar-refractivity contribution is 6.12. The molecular formula is C26H19FN4O4. The third-order valence-electron chi connectivity index (χ3n) is 5.92. The zero-order valence-corrected chi connectivity index (χ0v) is 18.5. The summed E-state index contributed by atoms with van der Waals surface area (Å²) in [6, 6.07) is 16.9. The average Bonchev–Trinajstić information content (AvgIpc) is 3.37. The molecule has 4 aromatic rings. The molecule has 1 atom stereocenters. The van der Waals surface area contributed by atoms with Gasteiger partial charge < -0.3 is 15.2 Å². The van der Waals surface area contributed by atoms with Gasteiger partial charge in [0.25, 0.3) is 5.91 Å². The Morgan fingerprint density at radius 2 is 1.91 bits per heavy atom. The molecule has 1 aromatic heterocycles. The van der Waals surface area contributed by atoms with E-state index in [9.17, 15) is 24.2 Å². The van der Waals surface area contributed by atoms with Crippen LogP contribution in [0.1, 0.15) is 28.4 Å². The average molecular weight is 470 g/mol. The Morgan fingerprint density at radius 3 is 2.63 bits per heavy atom. The summed E-state index contributed by atoms with van der Waals surface area (Å²) in [6.07, 6.45) is -1.22. The van der Waals surface area contributed by atoms with Crippen LogP contribution >= 0.6 is 0 Å². The van der Waals surface area contributed by atoms with Crippen LogP contribution in [0.3, 0.4) is 0 Å². The van der Waals surface area contributed by atoms with Crippen LogP contribution in [0.5, 0.6) is 0 Å². The fraction of sp³-hybridized carbons (Fsp3) is 0.115. The second kappa shape index (κ2) is 8.27. The van der Waals surface area contributed by atoms with Crippen LogP contribution in [-0.2, 0) is 5.72 Å². The Bertz CT molecular complexity index is 1540. The molecule has 2 amide bonds.